The number of amides is 3. The van der Waals surface area contributed by atoms with Crippen molar-refractivity contribution in [3.8, 4) is 0 Å². The molecule has 2 aliphatic heterocycles. The number of aromatic nitrogens is 1. The number of nitrogens with one attached hydrogen (secondary N) is 1. The summed E-state index contributed by atoms with van der Waals surface area (Å²) in [6.07, 6.45) is 3.02. The van der Waals surface area contributed by atoms with Crippen molar-refractivity contribution in [1.29, 1.82) is 0 Å². The molecule has 1 saturated heterocycles. The van der Waals surface area contributed by atoms with Crippen molar-refractivity contribution < 1.29 is 14.4 Å². The highest BCUT2D eigenvalue weighted by Gasteiger charge is 2.38. The summed E-state index contributed by atoms with van der Waals surface area (Å²) in [5.74, 6) is -0.521. The molecule has 31 heavy (non-hydrogen) atoms. The van der Waals surface area contributed by atoms with Gasteiger partial charge in [0, 0.05) is 44.3 Å². The standard InChI is InChI=1S/C23H28N4O3S/c1-15(2)25-21(28)16-7-10-26(11-8-16)22(29)18-14-27(23(30)19-6-4-12-31-19)13-17-5-3-9-24-20(17)18/h3-6,9,12,15-16,18H,7-8,10-11,13-14H2,1-2H3,(H,25,28). The molecule has 0 saturated carbocycles. The molecule has 4 heterocycles. The third-order valence-corrected chi connectivity index (χ3v) is 6.80. The zero-order chi connectivity index (χ0) is 22.0. The number of likely N-dealkylation sites (tertiary alicyclic amines) is 1. The molecule has 7 nitrogen and oxygen atoms in total. The van der Waals surface area contributed by atoms with Crippen LogP contribution < -0.4 is 5.32 Å². The Morgan fingerprint density at radius 1 is 1.13 bits per heavy atom. The van der Waals surface area contributed by atoms with E-state index in [1.165, 1.54) is 11.3 Å². The molecule has 0 aromatic carbocycles. The van der Waals surface area contributed by atoms with Crippen LogP contribution in [-0.2, 0) is 16.1 Å². The third-order valence-electron chi connectivity index (χ3n) is 5.95. The molecule has 2 aromatic heterocycles. The molecule has 0 spiro atoms. The van der Waals surface area contributed by atoms with Crippen LogP contribution in [0, 0.1) is 5.92 Å². The number of rotatable bonds is 4. The van der Waals surface area contributed by atoms with E-state index < -0.39 is 5.92 Å². The maximum atomic E-state index is 13.5. The maximum absolute atomic E-state index is 13.5. The number of pyridine rings is 1. The SMILES string of the molecule is CC(C)NC(=O)C1CCN(C(=O)C2CN(C(=O)c3cccs3)Cc3cccnc32)CC1. The van der Waals surface area contributed by atoms with E-state index in [2.05, 4.69) is 10.3 Å². The average Bonchev–Trinajstić information content (AvgIpc) is 3.32. The first-order chi connectivity index (χ1) is 14.9. The van der Waals surface area contributed by atoms with Crippen molar-refractivity contribution >= 4 is 29.1 Å². The Labute approximate surface area is 186 Å². The Kier molecular flexibility index (Phi) is 6.36. The zero-order valence-electron chi connectivity index (χ0n) is 17.9. The van der Waals surface area contributed by atoms with Gasteiger partial charge in [0.05, 0.1) is 16.5 Å². The first kappa shape index (κ1) is 21.5. The topological polar surface area (TPSA) is 82.6 Å². The molecule has 8 heteroatoms. The third kappa shape index (κ3) is 4.63. The van der Waals surface area contributed by atoms with Gasteiger partial charge in [-0.15, -0.1) is 11.3 Å². The number of fused-ring (bicyclic) bond motifs is 1. The number of carbonyl (C=O) groups is 3. The van der Waals surface area contributed by atoms with E-state index >= 15 is 0 Å². The van der Waals surface area contributed by atoms with Gasteiger partial charge in [-0.2, -0.15) is 0 Å². The Morgan fingerprint density at radius 3 is 2.58 bits per heavy atom. The minimum absolute atomic E-state index is 0.00801. The minimum atomic E-state index is -0.477. The lowest BCUT2D eigenvalue weighted by molar-refractivity contribution is -0.137. The summed E-state index contributed by atoms with van der Waals surface area (Å²) in [5.41, 5.74) is 1.69. The quantitative estimate of drug-likeness (QED) is 0.792. The van der Waals surface area contributed by atoms with Gasteiger partial charge in [-0.05, 0) is 49.8 Å². The van der Waals surface area contributed by atoms with Crippen LogP contribution in [0.1, 0.15) is 53.5 Å². The van der Waals surface area contributed by atoms with E-state index in [9.17, 15) is 14.4 Å². The normalized spacial score (nSPS) is 19.3. The second kappa shape index (κ2) is 9.18. The van der Waals surface area contributed by atoms with Gasteiger partial charge in [0.1, 0.15) is 0 Å². The lowest BCUT2D eigenvalue weighted by atomic mass is 9.90. The van der Waals surface area contributed by atoms with Gasteiger partial charge in [0.25, 0.3) is 5.91 Å². The number of thiophene rings is 1. The molecule has 0 aliphatic carbocycles. The molecular weight excluding hydrogens is 412 g/mol. The summed E-state index contributed by atoms with van der Waals surface area (Å²) in [6.45, 7) is 5.79. The van der Waals surface area contributed by atoms with Crippen LogP contribution >= 0.6 is 11.3 Å². The second-order valence-electron chi connectivity index (χ2n) is 8.53. The van der Waals surface area contributed by atoms with E-state index in [1.807, 2.05) is 48.4 Å². The Bertz CT molecular complexity index is 951. The summed E-state index contributed by atoms with van der Waals surface area (Å²) in [7, 11) is 0. The molecule has 1 N–H and O–H groups in total. The van der Waals surface area contributed by atoms with Gasteiger partial charge in [-0.3, -0.25) is 19.4 Å². The van der Waals surface area contributed by atoms with Gasteiger partial charge in [0.15, 0.2) is 0 Å². The van der Waals surface area contributed by atoms with Crippen LogP contribution in [0.15, 0.2) is 35.8 Å². The van der Waals surface area contributed by atoms with Crippen molar-refractivity contribution in [1.82, 2.24) is 20.1 Å². The van der Waals surface area contributed by atoms with Crippen molar-refractivity contribution in [3.63, 3.8) is 0 Å². The summed E-state index contributed by atoms with van der Waals surface area (Å²) in [4.78, 5) is 47.5. The largest absolute Gasteiger partial charge is 0.354 e. The molecule has 2 aliphatic rings. The summed E-state index contributed by atoms with van der Waals surface area (Å²) >= 11 is 1.41. The highest BCUT2D eigenvalue weighted by Crippen LogP contribution is 2.31. The van der Waals surface area contributed by atoms with E-state index in [1.54, 1.807) is 11.1 Å². The van der Waals surface area contributed by atoms with Crippen LogP contribution in [0.3, 0.4) is 0 Å². The number of carbonyl (C=O) groups excluding carboxylic acids is 3. The first-order valence-electron chi connectivity index (χ1n) is 10.8. The predicted octanol–water partition coefficient (Wildman–Crippen LogP) is 2.65. The number of piperidine rings is 1. The molecule has 4 rings (SSSR count). The smallest absolute Gasteiger partial charge is 0.264 e. The molecule has 0 radical (unpaired) electrons. The minimum Gasteiger partial charge on any atom is -0.354 e. The first-order valence-corrected chi connectivity index (χ1v) is 11.7. The van der Waals surface area contributed by atoms with E-state index in [0.717, 1.165) is 11.3 Å². The molecule has 1 atom stereocenters. The van der Waals surface area contributed by atoms with Gasteiger partial charge >= 0.3 is 0 Å². The summed E-state index contributed by atoms with van der Waals surface area (Å²) in [5, 5.41) is 4.85. The molecular formula is C23H28N4O3S. The lowest BCUT2D eigenvalue weighted by Gasteiger charge is -2.38. The molecule has 1 fully saturated rings. The van der Waals surface area contributed by atoms with Gasteiger partial charge in [-0.25, -0.2) is 0 Å². The van der Waals surface area contributed by atoms with E-state index in [0.29, 0.717) is 43.9 Å². The molecule has 2 aromatic rings. The van der Waals surface area contributed by atoms with E-state index in [4.69, 9.17) is 0 Å². The van der Waals surface area contributed by atoms with Crippen molar-refractivity contribution in [2.45, 2.75) is 45.2 Å². The van der Waals surface area contributed by atoms with Gasteiger partial charge < -0.3 is 15.1 Å². The van der Waals surface area contributed by atoms with Crippen LogP contribution in [0.4, 0.5) is 0 Å². The summed E-state index contributed by atoms with van der Waals surface area (Å²) in [6, 6.07) is 7.58. The number of hydrogen-bond donors (Lipinski definition) is 1. The number of hydrogen-bond acceptors (Lipinski definition) is 5. The Balaban J connectivity index is 1.48. The fourth-order valence-electron chi connectivity index (χ4n) is 4.37. The highest BCUT2D eigenvalue weighted by molar-refractivity contribution is 7.12. The summed E-state index contributed by atoms with van der Waals surface area (Å²) < 4.78 is 0. The maximum Gasteiger partial charge on any atom is 0.264 e. The Morgan fingerprint density at radius 2 is 1.90 bits per heavy atom. The molecule has 3 amide bonds. The van der Waals surface area contributed by atoms with Crippen molar-refractivity contribution in [3.05, 3.63) is 52.0 Å². The highest BCUT2D eigenvalue weighted by atomic mass is 32.1. The Hall–Kier alpha value is -2.74. The monoisotopic (exact) mass is 440 g/mol. The molecule has 0 bridgehead atoms. The molecule has 1 unspecified atom stereocenters. The molecule has 164 valence electrons. The van der Waals surface area contributed by atoms with Gasteiger partial charge in [0.2, 0.25) is 11.8 Å². The zero-order valence-corrected chi connectivity index (χ0v) is 18.7. The van der Waals surface area contributed by atoms with E-state index in [-0.39, 0.29) is 29.7 Å². The van der Waals surface area contributed by atoms with Crippen molar-refractivity contribution in [2.75, 3.05) is 19.6 Å². The van der Waals surface area contributed by atoms with Crippen LogP contribution in [0.2, 0.25) is 0 Å². The van der Waals surface area contributed by atoms with Crippen molar-refractivity contribution in [2.24, 2.45) is 5.92 Å². The van der Waals surface area contributed by atoms with Crippen LogP contribution in [0.25, 0.3) is 0 Å². The predicted molar refractivity (Wildman–Crippen MR) is 119 cm³/mol. The average molecular weight is 441 g/mol. The number of nitrogens with zero attached hydrogens (tertiary/aromatic N) is 3. The van der Waals surface area contributed by atoms with Crippen LogP contribution in [-0.4, -0.2) is 58.2 Å². The van der Waals surface area contributed by atoms with Crippen LogP contribution in [0.5, 0.6) is 0 Å². The fraction of sp³-hybridized carbons (Fsp3) is 0.478. The van der Waals surface area contributed by atoms with Gasteiger partial charge in [-0.1, -0.05) is 12.1 Å². The lowest BCUT2D eigenvalue weighted by Crippen LogP contribution is -2.49. The fourth-order valence-corrected chi connectivity index (χ4v) is 5.06. The second-order valence-corrected chi connectivity index (χ2v) is 9.47.